The molecule has 6 heteroatoms. The number of aromatic nitrogens is 2. The third-order valence-electron chi connectivity index (χ3n) is 3.92. The molecule has 122 valence electrons. The fourth-order valence-corrected chi connectivity index (χ4v) is 3.63. The lowest BCUT2D eigenvalue weighted by molar-refractivity contribution is -0.255. The number of aromatic amines is 1. The van der Waals surface area contributed by atoms with Crippen LogP contribution < -0.4 is 10.7 Å². The molecule has 25 heavy (non-hydrogen) atoms. The summed E-state index contributed by atoms with van der Waals surface area (Å²) in [7, 11) is 0. The zero-order valence-electron chi connectivity index (χ0n) is 12.9. The molecule has 0 spiro atoms. The Balaban J connectivity index is 1.84. The minimum Gasteiger partial charge on any atom is -0.545 e. The second-order valence-corrected chi connectivity index (χ2v) is 6.33. The van der Waals surface area contributed by atoms with Crippen LogP contribution in [-0.4, -0.2) is 15.9 Å². The lowest BCUT2D eigenvalue weighted by atomic mass is 10.1. The number of nitrogens with zero attached hydrogens (tertiary/aromatic N) is 1. The van der Waals surface area contributed by atoms with Crippen molar-refractivity contribution in [3.8, 4) is 22.5 Å². The number of carboxylic acid groups (broad SMARTS) is 1. The molecule has 0 unspecified atom stereocenters. The highest BCUT2D eigenvalue weighted by Crippen LogP contribution is 2.31. The van der Waals surface area contributed by atoms with Crippen LogP contribution >= 0.6 is 11.3 Å². The summed E-state index contributed by atoms with van der Waals surface area (Å²) >= 11 is 1.40. The molecule has 5 nitrogen and oxygen atoms in total. The lowest BCUT2D eigenvalue weighted by Gasteiger charge is -2.05. The number of rotatable bonds is 3. The molecule has 0 aliphatic rings. The van der Waals surface area contributed by atoms with Crippen LogP contribution in [0.3, 0.4) is 0 Å². The number of hydrogen-bond acceptors (Lipinski definition) is 5. The number of carboxylic acids is 1. The van der Waals surface area contributed by atoms with Gasteiger partial charge in [0.25, 0.3) is 5.56 Å². The largest absolute Gasteiger partial charge is 0.545 e. The van der Waals surface area contributed by atoms with Crippen molar-refractivity contribution < 1.29 is 9.90 Å². The molecule has 1 N–H and O–H groups in total. The Morgan fingerprint density at radius 1 is 1.00 bits per heavy atom. The van der Waals surface area contributed by atoms with Crippen molar-refractivity contribution in [2.24, 2.45) is 0 Å². The smallest absolute Gasteiger partial charge is 0.260 e. The minimum absolute atomic E-state index is 0.0784. The van der Waals surface area contributed by atoms with Gasteiger partial charge in [-0.25, -0.2) is 4.98 Å². The van der Waals surface area contributed by atoms with Crippen LogP contribution in [0.15, 0.2) is 64.8 Å². The van der Waals surface area contributed by atoms with E-state index in [2.05, 4.69) is 9.97 Å². The standard InChI is InChI=1S/C19H12N2O3S/c22-17-15-14(11-4-2-1-3-5-11)10-25-18(15)21-16(20-17)12-6-8-13(9-7-12)19(23)24/h1-10H,(H,23,24)(H,20,21,22)/p-1. The van der Waals surface area contributed by atoms with E-state index < -0.39 is 5.97 Å². The van der Waals surface area contributed by atoms with E-state index in [1.807, 2.05) is 35.7 Å². The number of nitrogens with one attached hydrogen (secondary N) is 1. The molecule has 0 fully saturated rings. The van der Waals surface area contributed by atoms with Gasteiger partial charge in [0.15, 0.2) is 0 Å². The number of aromatic carboxylic acids is 1. The molecule has 2 aromatic carbocycles. The number of fused-ring (bicyclic) bond motifs is 1. The van der Waals surface area contributed by atoms with Crippen LogP contribution in [0, 0.1) is 0 Å². The van der Waals surface area contributed by atoms with Gasteiger partial charge in [-0.1, -0.05) is 54.6 Å². The van der Waals surface area contributed by atoms with Gasteiger partial charge in [-0.15, -0.1) is 11.3 Å². The van der Waals surface area contributed by atoms with Gasteiger partial charge < -0.3 is 14.9 Å². The van der Waals surface area contributed by atoms with E-state index in [0.717, 1.165) is 11.1 Å². The zero-order valence-corrected chi connectivity index (χ0v) is 13.7. The first-order chi connectivity index (χ1) is 12.1. The maximum absolute atomic E-state index is 12.6. The summed E-state index contributed by atoms with van der Waals surface area (Å²) in [5.41, 5.74) is 2.32. The first-order valence-corrected chi connectivity index (χ1v) is 8.40. The average molecular weight is 347 g/mol. The van der Waals surface area contributed by atoms with Gasteiger partial charge in [0, 0.05) is 16.5 Å². The molecule has 2 heterocycles. The van der Waals surface area contributed by atoms with E-state index in [-0.39, 0.29) is 11.1 Å². The summed E-state index contributed by atoms with van der Waals surface area (Å²) in [5.74, 6) is -0.835. The normalized spacial score (nSPS) is 10.9. The highest BCUT2D eigenvalue weighted by Gasteiger charge is 2.13. The van der Waals surface area contributed by atoms with Crippen molar-refractivity contribution in [2.45, 2.75) is 0 Å². The summed E-state index contributed by atoms with van der Waals surface area (Å²) < 4.78 is 0. The second kappa shape index (κ2) is 5.99. The van der Waals surface area contributed by atoms with Crippen LogP contribution in [-0.2, 0) is 0 Å². The van der Waals surface area contributed by atoms with Crippen molar-refractivity contribution in [2.75, 3.05) is 0 Å². The van der Waals surface area contributed by atoms with E-state index in [1.54, 1.807) is 12.1 Å². The highest BCUT2D eigenvalue weighted by atomic mass is 32.1. The Hall–Kier alpha value is -3.25. The van der Waals surface area contributed by atoms with Crippen LogP contribution in [0.25, 0.3) is 32.7 Å². The van der Waals surface area contributed by atoms with Crippen molar-refractivity contribution in [3.05, 3.63) is 75.9 Å². The van der Waals surface area contributed by atoms with Gasteiger partial charge in [0.05, 0.1) is 11.4 Å². The Bertz CT molecular complexity index is 1130. The highest BCUT2D eigenvalue weighted by molar-refractivity contribution is 7.17. The number of thiophene rings is 1. The molecule has 0 saturated carbocycles. The summed E-state index contributed by atoms with van der Waals surface area (Å²) in [6.07, 6.45) is 0. The van der Waals surface area contributed by atoms with E-state index in [0.29, 0.717) is 21.6 Å². The molecule has 2 aromatic heterocycles. The van der Waals surface area contributed by atoms with Crippen molar-refractivity contribution in [1.29, 1.82) is 0 Å². The molecule has 0 aliphatic carbocycles. The number of hydrogen-bond donors (Lipinski definition) is 1. The lowest BCUT2D eigenvalue weighted by Crippen LogP contribution is -2.21. The number of carbonyl (C=O) groups is 1. The van der Waals surface area contributed by atoms with Crippen molar-refractivity contribution in [3.63, 3.8) is 0 Å². The Morgan fingerprint density at radius 3 is 2.40 bits per heavy atom. The molecular weight excluding hydrogens is 336 g/mol. The molecule has 0 atom stereocenters. The SMILES string of the molecule is O=C([O-])c1ccc(-c2nc3scc(-c4ccccc4)c3c(=O)[nH]2)cc1. The predicted molar refractivity (Wildman–Crippen MR) is 95.4 cm³/mol. The van der Waals surface area contributed by atoms with Gasteiger partial charge in [0.1, 0.15) is 10.7 Å². The second-order valence-electron chi connectivity index (χ2n) is 5.47. The molecule has 0 bridgehead atoms. The summed E-state index contributed by atoms with van der Waals surface area (Å²) in [6, 6.07) is 15.7. The number of carbonyl (C=O) groups excluding carboxylic acids is 1. The van der Waals surface area contributed by atoms with Crippen LogP contribution in [0.5, 0.6) is 0 Å². The zero-order chi connectivity index (χ0) is 17.4. The van der Waals surface area contributed by atoms with Crippen LogP contribution in [0.1, 0.15) is 10.4 Å². The maximum atomic E-state index is 12.6. The summed E-state index contributed by atoms with van der Waals surface area (Å²) in [5, 5.41) is 13.3. The summed E-state index contributed by atoms with van der Waals surface area (Å²) in [6.45, 7) is 0. The van der Waals surface area contributed by atoms with Gasteiger partial charge in [-0.3, -0.25) is 4.79 Å². The van der Waals surface area contributed by atoms with Crippen LogP contribution in [0.2, 0.25) is 0 Å². The molecular formula is C19H11N2O3S-. The fraction of sp³-hybridized carbons (Fsp3) is 0. The van der Waals surface area contributed by atoms with E-state index >= 15 is 0 Å². The molecule has 4 rings (SSSR count). The number of H-pyrrole nitrogens is 1. The monoisotopic (exact) mass is 347 g/mol. The van der Waals surface area contributed by atoms with Gasteiger partial charge in [-0.2, -0.15) is 0 Å². The van der Waals surface area contributed by atoms with Crippen molar-refractivity contribution in [1.82, 2.24) is 9.97 Å². The molecule has 0 aliphatic heterocycles. The quantitative estimate of drug-likeness (QED) is 0.617. The predicted octanol–water partition coefficient (Wildman–Crippen LogP) is 2.68. The number of benzene rings is 2. The Kier molecular flexibility index (Phi) is 3.66. The van der Waals surface area contributed by atoms with E-state index in [9.17, 15) is 14.7 Å². The molecule has 0 amide bonds. The van der Waals surface area contributed by atoms with Gasteiger partial charge in [-0.05, 0) is 11.1 Å². The maximum Gasteiger partial charge on any atom is 0.260 e. The Labute approximate surface area is 146 Å². The fourth-order valence-electron chi connectivity index (χ4n) is 2.68. The first kappa shape index (κ1) is 15.3. The van der Waals surface area contributed by atoms with E-state index in [1.165, 1.54) is 23.5 Å². The van der Waals surface area contributed by atoms with Crippen LogP contribution in [0.4, 0.5) is 0 Å². The topological polar surface area (TPSA) is 85.9 Å². The summed E-state index contributed by atoms with van der Waals surface area (Å²) in [4.78, 5) is 31.4. The van der Waals surface area contributed by atoms with Gasteiger partial charge >= 0.3 is 0 Å². The molecule has 4 aromatic rings. The third-order valence-corrected chi connectivity index (χ3v) is 4.80. The van der Waals surface area contributed by atoms with E-state index in [4.69, 9.17) is 0 Å². The molecule has 0 saturated heterocycles. The molecule has 0 radical (unpaired) electrons. The average Bonchev–Trinajstić information content (AvgIpc) is 3.07. The minimum atomic E-state index is -1.24. The van der Waals surface area contributed by atoms with Gasteiger partial charge in [0.2, 0.25) is 0 Å². The van der Waals surface area contributed by atoms with Crippen molar-refractivity contribution >= 4 is 27.5 Å². The first-order valence-electron chi connectivity index (χ1n) is 7.52. The third kappa shape index (κ3) is 2.72. The Morgan fingerprint density at radius 2 is 1.72 bits per heavy atom.